The molecule has 2 N–H and O–H groups in total. The van der Waals surface area contributed by atoms with Gasteiger partial charge in [0.05, 0.1) is 23.5 Å². The molecule has 0 aromatic heterocycles. The first-order valence-corrected chi connectivity index (χ1v) is 33.6. The van der Waals surface area contributed by atoms with E-state index in [0.29, 0.717) is 88.9 Å². The predicted molar refractivity (Wildman–Crippen MR) is 368 cm³/mol. The Labute approximate surface area is 566 Å². The van der Waals surface area contributed by atoms with E-state index in [0.717, 1.165) is 31.2 Å². The van der Waals surface area contributed by atoms with Crippen LogP contribution in [0.3, 0.4) is 0 Å². The molecule has 4 aliphatic heterocycles. The van der Waals surface area contributed by atoms with E-state index < -0.39 is 34.6 Å². The highest BCUT2D eigenvalue weighted by atomic mass is 16.6. The van der Waals surface area contributed by atoms with E-state index in [1.807, 2.05) is 190 Å². The monoisotopic (exact) mass is 1320 g/mol. The van der Waals surface area contributed by atoms with Crippen molar-refractivity contribution in [1.82, 2.24) is 30.2 Å². The first-order valence-electron chi connectivity index (χ1n) is 33.6. The Kier molecular flexibility index (Phi) is 23.3. The van der Waals surface area contributed by atoms with Crippen LogP contribution in [-0.4, -0.2) is 155 Å². The first-order chi connectivity index (χ1) is 45.3. The molecule has 21 heteroatoms. The van der Waals surface area contributed by atoms with Crippen molar-refractivity contribution >= 4 is 59.2 Å². The van der Waals surface area contributed by atoms with Gasteiger partial charge in [0.25, 0.3) is 23.6 Å². The van der Waals surface area contributed by atoms with Crippen LogP contribution in [0.2, 0.25) is 0 Å². The summed E-state index contributed by atoms with van der Waals surface area (Å²) in [6, 6.07) is 34.3. The Balaban J connectivity index is 0.000000248. The number of carbonyl (C=O) groups excluding carboxylic acids is 8. The highest BCUT2D eigenvalue weighted by molar-refractivity contribution is 6.07. The van der Waals surface area contributed by atoms with Gasteiger partial charge < -0.3 is 63.7 Å². The molecule has 0 bridgehead atoms. The van der Waals surface area contributed by atoms with Crippen LogP contribution in [0.5, 0.6) is 11.5 Å². The molecule has 5 aromatic carbocycles. The smallest absolute Gasteiger partial charge is 0.410 e. The molecular weight excluding hydrogens is 1220 g/mol. The number of aryl methyl sites for hydroxylation is 2. The lowest BCUT2D eigenvalue weighted by molar-refractivity contribution is -0.135. The summed E-state index contributed by atoms with van der Waals surface area (Å²) in [6.45, 7) is 30.5. The lowest BCUT2D eigenvalue weighted by atomic mass is 9.91. The van der Waals surface area contributed by atoms with Gasteiger partial charge in [0, 0.05) is 93.1 Å². The Morgan fingerprint density at radius 2 is 0.969 bits per heavy atom. The summed E-state index contributed by atoms with van der Waals surface area (Å²) in [5.74, 6) is -0.161. The van der Waals surface area contributed by atoms with E-state index in [1.54, 1.807) is 58.6 Å². The molecule has 0 radical (unpaired) electrons. The van der Waals surface area contributed by atoms with E-state index in [4.69, 9.17) is 23.7 Å². The molecule has 2 saturated heterocycles. The summed E-state index contributed by atoms with van der Waals surface area (Å²) in [7, 11) is 0. The summed E-state index contributed by atoms with van der Waals surface area (Å²) < 4.78 is 29.6. The van der Waals surface area contributed by atoms with Crippen molar-refractivity contribution in [3.05, 3.63) is 154 Å². The van der Waals surface area contributed by atoms with Crippen LogP contribution in [0.1, 0.15) is 171 Å². The van der Waals surface area contributed by atoms with Crippen molar-refractivity contribution in [1.29, 1.82) is 0 Å². The van der Waals surface area contributed by atoms with E-state index >= 15 is 0 Å². The van der Waals surface area contributed by atoms with E-state index in [1.165, 1.54) is 0 Å². The van der Waals surface area contributed by atoms with Crippen molar-refractivity contribution in [2.45, 2.75) is 189 Å². The molecule has 5 aromatic rings. The first kappa shape index (κ1) is 72.7. The van der Waals surface area contributed by atoms with Gasteiger partial charge >= 0.3 is 18.3 Å². The molecule has 0 spiro atoms. The normalized spacial score (nSPS) is 19.3. The van der Waals surface area contributed by atoms with Gasteiger partial charge in [-0.05, 0) is 164 Å². The van der Waals surface area contributed by atoms with Gasteiger partial charge in [0.15, 0.2) is 0 Å². The fourth-order valence-corrected chi connectivity index (χ4v) is 12.7. The van der Waals surface area contributed by atoms with Gasteiger partial charge in [-0.1, -0.05) is 97.9 Å². The zero-order chi connectivity index (χ0) is 70.0. The van der Waals surface area contributed by atoms with Crippen LogP contribution in [0.25, 0.3) is 0 Å². The van der Waals surface area contributed by atoms with Gasteiger partial charge in [-0.25, -0.2) is 14.4 Å². The minimum absolute atomic E-state index is 0.0987. The number of anilines is 2. The molecular formula is C75H98N8O13. The van der Waals surface area contributed by atoms with Crippen LogP contribution in [0, 0.1) is 13.8 Å². The van der Waals surface area contributed by atoms with Gasteiger partial charge in [0.1, 0.15) is 29.3 Å². The standard InChI is InChI=1S/C40H50N4O7.C35H48N4O6/c1-27(2)44(31-19-14-21-42(25-31)38(48)51-39(4,5)6)35(45)32-24-33-34(23-28(32)3)50-40(7,30-17-12-9-13-18-30)36(46)43(33)22-20-41-37(47)49-26-29-15-10-8-11-16-29;1-9-30(40)36-17-19-38-28-21-27(24(4)20-29(28)44-35(8,32(38)42)25-14-11-10-12-15-25)31(41)39(23(2)3)26-16-13-18-37(22-26)33(43)45-34(5,6)7/h8-13,15-18,23-24,27,31H,14,19-22,25-26H2,1-7H3,(H,41,47);10-12,14-15,20-21,23,26H,9,13,16-19,22H2,1-8H3,(H,36,40)/t31-,40+;26-,35+/m11/s1. The van der Waals surface area contributed by atoms with Crippen molar-refractivity contribution < 1.29 is 62.0 Å². The lowest BCUT2D eigenvalue weighted by Crippen LogP contribution is -2.55. The summed E-state index contributed by atoms with van der Waals surface area (Å²) in [4.78, 5) is 118. The summed E-state index contributed by atoms with van der Waals surface area (Å²) in [5.41, 5.74) is 1.57. The average molecular weight is 1320 g/mol. The number of rotatable bonds is 17. The average Bonchev–Trinajstić information content (AvgIpc) is 0.756. The highest BCUT2D eigenvalue weighted by Crippen LogP contribution is 2.46. The third-order valence-corrected chi connectivity index (χ3v) is 17.5. The number of piperidine rings is 2. The van der Waals surface area contributed by atoms with Crippen molar-refractivity contribution in [2.75, 3.05) is 62.2 Å². The number of benzene rings is 5. The lowest BCUT2D eigenvalue weighted by Gasteiger charge is -2.43. The fourth-order valence-electron chi connectivity index (χ4n) is 12.7. The topological polar surface area (TPSA) is 226 Å². The van der Waals surface area contributed by atoms with Crippen LogP contribution < -0.4 is 29.9 Å². The molecule has 21 nitrogen and oxygen atoms in total. The Bertz CT molecular complexity index is 3610. The largest absolute Gasteiger partial charge is 0.471 e. The third kappa shape index (κ3) is 17.3. The molecule has 0 aliphatic carbocycles. The summed E-state index contributed by atoms with van der Waals surface area (Å²) in [6.07, 6.45) is 1.95. The second-order valence-electron chi connectivity index (χ2n) is 27.9. The van der Waals surface area contributed by atoms with Gasteiger partial charge in [-0.15, -0.1) is 0 Å². The number of nitrogens with one attached hydrogen (secondary N) is 2. The maximum absolute atomic E-state index is 14.5. The molecule has 8 amide bonds. The van der Waals surface area contributed by atoms with Crippen LogP contribution >= 0.6 is 0 Å². The predicted octanol–water partition coefficient (Wildman–Crippen LogP) is 12.2. The summed E-state index contributed by atoms with van der Waals surface area (Å²) >= 11 is 0. The number of amides is 8. The number of hydrogen-bond acceptors (Lipinski definition) is 13. The molecule has 4 atom stereocenters. The molecule has 4 aliphatic rings. The number of likely N-dealkylation sites (tertiary alicyclic amines) is 2. The number of nitrogens with zero attached hydrogens (tertiary/aromatic N) is 6. The van der Waals surface area contributed by atoms with Crippen molar-refractivity contribution in [3.8, 4) is 11.5 Å². The van der Waals surface area contributed by atoms with Crippen LogP contribution in [0.4, 0.5) is 25.8 Å². The zero-order valence-electron chi connectivity index (χ0n) is 58.7. The van der Waals surface area contributed by atoms with Crippen molar-refractivity contribution in [3.63, 3.8) is 0 Å². The molecule has 96 heavy (non-hydrogen) atoms. The van der Waals surface area contributed by atoms with Crippen molar-refractivity contribution in [2.24, 2.45) is 0 Å². The van der Waals surface area contributed by atoms with E-state index in [9.17, 15) is 38.4 Å². The number of ether oxygens (including phenoxy) is 5. The zero-order valence-corrected chi connectivity index (χ0v) is 58.7. The SMILES string of the molecule is CCC(=O)NCCN1C(=O)[C@](C)(c2ccccc2)Oc2cc(C)c(C(=O)N(C(C)C)[C@@H]3CCCN(C(=O)OC(C)(C)C)C3)cc21.Cc1cc2c(cc1C(=O)N(C(C)C)[C@@H]1CCCN(C(=O)OC(C)(C)C)C1)N(CCNC(=O)OCc1ccccc1)C(=O)[C@](C)(c1ccccc1)O2. The second-order valence-corrected chi connectivity index (χ2v) is 27.9. The van der Waals surface area contributed by atoms with Crippen LogP contribution in [0.15, 0.2) is 115 Å². The summed E-state index contributed by atoms with van der Waals surface area (Å²) in [5, 5.41) is 5.62. The number of fused-ring (bicyclic) bond motifs is 2. The molecule has 9 rings (SSSR count). The third-order valence-electron chi connectivity index (χ3n) is 17.5. The number of carbonyl (C=O) groups is 8. The molecule has 2 fully saturated rings. The van der Waals surface area contributed by atoms with Gasteiger partial charge in [-0.2, -0.15) is 0 Å². The Hall–Kier alpha value is -9.14. The maximum Gasteiger partial charge on any atom is 0.410 e. The quantitative estimate of drug-likeness (QED) is 0.0827. The molecule has 0 unspecified atom stereocenters. The fraction of sp³-hybridized carbons (Fsp3) is 0.493. The minimum Gasteiger partial charge on any atom is -0.471 e. The van der Waals surface area contributed by atoms with Gasteiger partial charge in [-0.3, -0.25) is 24.0 Å². The maximum atomic E-state index is 14.5. The second kappa shape index (κ2) is 30.7. The highest BCUT2D eigenvalue weighted by Gasteiger charge is 2.49. The minimum atomic E-state index is -1.35. The molecule has 4 heterocycles. The number of hydrogen-bond donors (Lipinski definition) is 2. The number of alkyl carbamates (subject to hydrolysis) is 1. The van der Waals surface area contributed by atoms with E-state index in [2.05, 4.69) is 10.6 Å². The van der Waals surface area contributed by atoms with E-state index in [-0.39, 0.29) is 92.6 Å². The Morgan fingerprint density at radius 1 is 0.583 bits per heavy atom. The molecule has 0 saturated carbocycles. The molecule has 516 valence electrons. The van der Waals surface area contributed by atoms with Crippen LogP contribution in [-0.2, 0) is 46.4 Å². The van der Waals surface area contributed by atoms with Gasteiger partial charge in [0.2, 0.25) is 17.1 Å². The Morgan fingerprint density at radius 3 is 1.34 bits per heavy atom.